The Hall–Kier alpha value is -0.870. The van der Waals surface area contributed by atoms with E-state index < -0.39 is 0 Å². The van der Waals surface area contributed by atoms with Crippen LogP contribution in [0.4, 0.5) is 0 Å². The predicted molar refractivity (Wildman–Crippen MR) is 80.9 cm³/mol. The van der Waals surface area contributed by atoms with Crippen molar-refractivity contribution < 1.29 is 4.79 Å². The summed E-state index contributed by atoms with van der Waals surface area (Å²) in [6.45, 7) is 11.5. The smallest absolute Gasteiger partial charge is 0.264 e. The molecule has 1 saturated heterocycles. The predicted octanol–water partition coefficient (Wildman–Crippen LogP) is 2.86. The molecule has 0 spiro atoms. The minimum absolute atomic E-state index is 0.221. The van der Waals surface area contributed by atoms with Gasteiger partial charge in [0.1, 0.15) is 0 Å². The zero-order valence-electron chi connectivity index (χ0n) is 12.2. The number of carbonyl (C=O) groups excluding carboxylic acids is 1. The average molecular weight is 280 g/mol. The van der Waals surface area contributed by atoms with E-state index in [2.05, 4.69) is 18.7 Å². The van der Waals surface area contributed by atoms with Crippen LogP contribution in [-0.4, -0.2) is 48.4 Å². The number of hydrogen-bond donors (Lipinski definition) is 0. The van der Waals surface area contributed by atoms with Crippen LogP contribution in [-0.2, 0) is 0 Å². The first-order valence-electron chi connectivity index (χ1n) is 7.13. The van der Waals surface area contributed by atoms with E-state index in [0.717, 1.165) is 49.6 Å². The van der Waals surface area contributed by atoms with E-state index in [0.29, 0.717) is 5.92 Å². The van der Waals surface area contributed by atoms with Gasteiger partial charge in [-0.15, -0.1) is 11.3 Å². The molecule has 1 fully saturated rings. The van der Waals surface area contributed by atoms with E-state index >= 15 is 0 Å². The highest BCUT2D eigenvalue weighted by Crippen LogP contribution is 2.19. The van der Waals surface area contributed by atoms with Crippen LogP contribution in [0.1, 0.15) is 35.5 Å². The van der Waals surface area contributed by atoms with Crippen molar-refractivity contribution in [2.75, 3.05) is 32.7 Å². The second-order valence-electron chi connectivity index (χ2n) is 5.77. The summed E-state index contributed by atoms with van der Waals surface area (Å²) >= 11 is 1.56. The second kappa shape index (κ2) is 6.53. The lowest BCUT2D eigenvalue weighted by Crippen LogP contribution is -2.36. The topological polar surface area (TPSA) is 23.6 Å². The van der Waals surface area contributed by atoms with E-state index in [1.54, 1.807) is 11.3 Å². The van der Waals surface area contributed by atoms with Crippen LogP contribution in [0, 0.1) is 12.8 Å². The van der Waals surface area contributed by atoms with Crippen LogP contribution in [0.25, 0.3) is 0 Å². The summed E-state index contributed by atoms with van der Waals surface area (Å²) in [5.41, 5.74) is 1.11. The van der Waals surface area contributed by atoms with E-state index in [9.17, 15) is 4.79 Å². The molecule has 1 aromatic heterocycles. The van der Waals surface area contributed by atoms with Gasteiger partial charge in [-0.1, -0.05) is 13.8 Å². The minimum atomic E-state index is 0.221. The molecule has 106 valence electrons. The van der Waals surface area contributed by atoms with Gasteiger partial charge in [0, 0.05) is 26.2 Å². The third-order valence-corrected chi connectivity index (χ3v) is 4.56. The normalized spacial score (nSPS) is 17.8. The average Bonchev–Trinajstić information content (AvgIpc) is 2.64. The molecule has 1 aromatic rings. The fourth-order valence-electron chi connectivity index (χ4n) is 2.61. The van der Waals surface area contributed by atoms with Crippen LogP contribution in [0.3, 0.4) is 0 Å². The molecule has 0 aromatic carbocycles. The number of aryl methyl sites for hydroxylation is 1. The lowest BCUT2D eigenvalue weighted by molar-refractivity contribution is 0.0765. The first-order valence-corrected chi connectivity index (χ1v) is 8.01. The molecule has 0 bridgehead atoms. The fraction of sp³-hybridized carbons (Fsp3) is 0.667. The zero-order valence-corrected chi connectivity index (χ0v) is 13.0. The Bertz CT molecular complexity index is 428. The van der Waals surface area contributed by atoms with Gasteiger partial charge >= 0.3 is 0 Å². The van der Waals surface area contributed by atoms with E-state index in [4.69, 9.17) is 0 Å². The lowest BCUT2D eigenvalue weighted by atomic mass is 10.2. The molecule has 2 heterocycles. The van der Waals surface area contributed by atoms with Gasteiger partial charge in [-0.25, -0.2) is 0 Å². The molecule has 1 amide bonds. The van der Waals surface area contributed by atoms with Crippen LogP contribution in [0.5, 0.6) is 0 Å². The Morgan fingerprint density at radius 1 is 1.32 bits per heavy atom. The molecule has 0 radical (unpaired) electrons. The molecular weight excluding hydrogens is 256 g/mol. The Kier molecular flexibility index (Phi) is 4.99. The van der Waals surface area contributed by atoms with Crippen molar-refractivity contribution in [3.8, 4) is 0 Å². The van der Waals surface area contributed by atoms with Gasteiger partial charge in [-0.05, 0) is 42.8 Å². The molecular formula is C15H24N2OS. The highest BCUT2D eigenvalue weighted by molar-refractivity contribution is 7.12. The standard InChI is InChI=1S/C15H24N2OS/c1-12(2)11-16-6-4-7-17(9-8-16)15(18)14-13(3)5-10-19-14/h5,10,12H,4,6-9,11H2,1-3H3. The molecule has 3 nitrogen and oxygen atoms in total. The van der Waals surface area contributed by atoms with Crippen LogP contribution >= 0.6 is 11.3 Å². The Balaban J connectivity index is 1.96. The van der Waals surface area contributed by atoms with E-state index in [-0.39, 0.29) is 5.91 Å². The maximum atomic E-state index is 12.5. The summed E-state index contributed by atoms with van der Waals surface area (Å²) in [6, 6.07) is 2.03. The molecule has 0 unspecified atom stereocenters. The van der Waals surface area contributed by atoms with E-state index in [1.807, 2.05) is 23.3 Å². The highest BCUT2D eigenvalue weighted by atomic mass is 32.1. The first-order chi connectivity index (χ1) is 9.08. The van der Waals surface area contributed by atoms with Crippen molar-refractivity contribution in [1.29, 1.82) is 0 Å². The first kappa shape index (κ1) is 14.5. The largest absolute Gasteiger partial charge is 0.337 e. The molecule has 1 aliphatic rings. The van der Waals surface area contributed by atoms with Gasteiger partial charge in [0.05, 0.1) is 4.88 Å². The van der Waals surface area contributed by atoms with Crippen molar-refractivity contribution in [3.63, 3.8) is 0 Å². The van der Waals surface area contributed by atoms with Gasteiger partial charge in [0.15, 0.2) is 0 Å². The third-order valence-electron chi connectivity index (χ3n) is 3.56. The van der Waals surface area contributed by atoms with Crippen LogP contribution in [0.2, 0.25) is 0 Å². The summed E-state index contributed by atoms with van der Waals surface area (Å²) in [6.07, 6.45) is 1.09. The van der Waals surface area contributed by atoms with Crippen molar-refractivity contribution in [2.45, 2.75) is 27.2 Å². The molecule has 4 heteroatoms. The Labute approximate surface area is 120 Å². The number of thiophene rings is 1. The van der Waals surface area contributed by atoms with Crippen LogP contribution in [0.15, 0.2) is 11.4 Å². The van der Waals surface area contributed by atoms with Gasteiger partial charge in [0.2, 0.25) is 0 Å². The quantitative estimate of drug-likeness (QED) is 0.850. The zero-order chi connectivity index (χ0) is 13.8. The minimum Gasteiger partial charge on any atom is -0.337 e. The third kappa shape index (κ3) is 3.80. The van der Waals surface area contributed by atoms with Crippen LogP contribution < -0.4 is 0 Å². The number of hydrogen-bond acceptors (Lipinski definition) is 3. The maximum absolute atomic E-state index is 12.5. The molecule has 1 aliphatic heterocycles. The summed E-state index contributed by atoms with van der Waals surface area (Å²) in [5, 5.41) is 2.01. The molecule has 0 N–H and O–H groups in total. The molecule has 0 saturated carbocycles. The Morgan fingerprint density at radius 3 is 2.74 bits per heavy atom. The lowest BCUT2D eigenvalue weighted by Gasteiger charge is -2.23. The van der Waals surface area contributed by atoms with Gasteiger partial charge in [-0.2, -0.15) is 0 Å². The summed E-state index contributed by atoms with van der Waals surface area (Å²) < 4.78 is 0. The van der Waals surface area contributed by atoms with Crippen molar-refractivity contribution >= 4 is 17.2 Å². The van der Waals surface area contributed by atoms with Gasteiger partial charge in [-0.3, -0.25) is 4.79 Å². The molecule has 2 rings (SSSR count). The number of amides is 1. The SMILES string of the molecule is Cc1ccsc1C(=O)N1CCCN(CC(C)C)CC1. The maximum Gasteiger partial charge on any atom is 0.264 e. The van der Waals surface area contributed by atoms with Crippen molar-refractivity contribution in [3.05, 3.63) is 21.9 Å². The molecule has 19 heavy (non-hydrogen) atoms. The monoisotopic (exact) mass is 280 g/mol. The second-order valence-corrected chi connectivity index (χ2v) is 6.69. The number of rotatable bonds is 3. The van der Waals surface area contributed by atoms with Gasteiger partial charge in [0.25, 0.3) is 5.91 Å². The van der Waals surface area contributed by atoms with Crippen molar-refractivity contribution in [2.24, 2.45) is 5.92 Å². The van der Waals surface area contributed by atoms with Crippen molar-refractivity contribution in [1.82, 2.24) is 9.80 Å². The fourth-order valence-corrected chi connectivity index (χ4v) is 3.50. The van der Waals surface area contributed by atoms with E-state index in [1.165, 1.54) is 0 Å². The molecule has 0 atom stereocenters. The highest BCUT2D eigenvalue weighted by Gasteiger charge is 2.22. The summed E-state index contributed by atoms with van der Waals surface area (Å²) in [7, 11) is 0. The number of carbonyl (C=O) groups is 1. The Morgan fingerprint density at radius 2 is 2.11 bits per heavy atom. The summed E-state index contributed by atoms with van der Waals surface area (Å²) in [5.74, 6) is 0.917. The molecule has 0 aliphatic carbocycles. The number of nitrogens with zero attached hydrogens (tertiary/aromatic N) is 2. The van der Waals surface area contributed by atoms with Gasteiger partial charge < -0.3 is 9.80 Å². The summed E-state index contributed by atoms with van der Waals surface area (Å²) in [4.78, 5) is 17.9.